The number of hydrogen-bond acceptors (Lipinski definition) is 6. The van der Waals surface area contributed by atoms with Crippen molar-refractivity contribution in [2.24, 2.45) is 0 Å². The highest BCUT2D eigenvalue weighted by Crippen LogP contribution is 2.30. The largest absolute Gasteiger partial charge is 0.507 e. The summed E-state index contributed by atoms with van der Waals surface area (Å²) in [7, 11) is 1.63. The van der Waals surface area contributed by atoms with Gasteiger partial charge in [0.1, 0.15) is 17.3 Å². The summed E-state index contributed by atoms with van der Waals surface area (Å²) in [6.45, 7) is 0.535. The van der Waals surface area contributed by atoms with Gasteiger partial charge in [-0.2, -0.15) is 5.26 Å². The Balaban J connectivity index is 1.76. The van der Waals surface area contributed by atoms with Crippen LogP contribution >= 0.6 is 0 Å². The number of methoxy groups -OCH3 is 1. The third kappa shape index (κ3) is 3.80. The zero-order valence-electron chi connectivity index (χ0n) is 15.8. The van der Waals surface area contributed by atoms with Crippen LogP contribution in [0.3, 0.4) is 0 Å². The van der Waals surface area contributed by atoms with Crippen LogP contribution in [0.1, 0.15) is 11.1 Å². The average Bonchev–Trinajstić information content (AvgIpc) is 2.77. The molecule has 0 saturated carbocycles. The molecule has 1 aromatic heterocycles. The molecule has 142 valence electrons. The second kappa shape index (κ2) is 7.87. The number of rotatable bonds is 5. The smallest absolute Gasteiger partial charge is 0.165 e. The Morgan fingerprint density at radius 2 is 1.83 bits per heavy atom. The predicted molar refractivity (Wildman–Crippen MR) is 112 cm³/mol. The molecule has 0 unspecified atom stereocenters. The van der Waals surface area contributed by atoms with Gasteiger partial charge in [-0.15, -0.1) is 0 Å². The number of hydrogen-bond donors (Lipinski definition) is 2. The van der Waals surface area contributed by atoms with Crippen molar-refractivity contribution in [3.8, 4) is 29.0 Å². The second-order valence-corrected chi connectivity index (χ2v) is 6.46. The van der Waals surface area contributed by atoms with Crippen LogP contribution in [0, 0.1) is 11.3 Å². The van der Waals surface area contributed by atoms with E-state index in [0.717, 1.165) is 16.7 Å². The number of nitrogens with zero attached hydrogens (tertiary/aromatic N) is 3. The van der Waals surface area contributed by atoms with Crippen LogP contribution in [0.5, 0.6) is 11.5 Å². The minimum absolute atomic E-state index is 0.113. The lowest BCUT2D eigenvalue weighted by Crippen LogP contribution is -2.04. The number of aromatic hydroxyl groups is 1. The number of fused-ring (bicyclic) bond motifs is 1. The van der Waals surface area contributed by atoms with Gasteiger partial charge in [0.05, 0.1) is 29.8 Å². The van der Waals surface area contributed by atoms with Gasteiger partial charge in [0.2, 0.25) is 0 Å². The van der Waals surface area contributed by atoms with E-state index in [0.29, 0.717) is 34.8 Å². The minimum Gasteiger partial charge on any atom is -0.507 e. The maximum Gasteiger partial charge on any atom is 0.165 e. The van der Waals surface area contributed by atoms with Crippen molar-refractivity contribution in [2.45, 2.75) is 6.54 Å². The van der Waals surface area contributed by atoms with E-state index < -0.39 is 0 Å². The van der Waals surface area contributed by atoms with Crippen molar-refractivity contribution in [3.63, 3.8) is 0 Å². The summed E-state index contributed by atoms with van der Waals surface area (Å²) in [5, 5.41) is 23.6. The van der Waals surface area contributed by atoms with Crippen LogP contribution in [0.2, 0.25) is 0 Å². The molecule has 0 atom stereocenters. The number of phenolic OH excluding ortho intramolecular Hbond substituents is 1. The molecule has 4 aromatic rings. The monoisotopic (exact) mass is 382 g/mol. The number of phenols is 1. The Kier molecular flexibility index (Phi) is 4.95. The van der Waals surface area contributed by atoms with E-state index in [1.54, 1.807) is 43.5 Å². The fourth-order valence-electron chi connectivity index (χ4n) is 3.05. The molecule has 3 aromatic carbocycles. The number of ether oxygens (including phenoxy) is 1. The first-order valence-electron chi connectivity index (χ1n) is 9.05. The normalized spacial score (nSPS) is 10.5. The van der Waals surface area contributed by atoms with Crippen LogP contribution in [-0.2, 0) is 6.54 Å². The Morgan fingerprint density at radius 3 is 2.55 bits per heavy atom. The molecule has 0 spiro atoms. The topological polar surface area (TPSA) is 91.1 Å². The molecule has 6 heteroatoms. The molecule has 4 rings (SSSR count). The van der Waals surface area contributed by atoms with Crippen molar-refractivity contribution >= 4 is 16.7 Å². The molecule has 29 heavy (non-hydrogen) atoms. The third-order valence-corrected chi connectivity index (χ3v) is 4.59. The van der Waals surface area contributed by atoms with Gasteiger partial charge in [0.15, 0.2) is 5.82 Å². The molecule has 2 N–H and O–H groups in total. The Bertz CT molecular complexity index is 1210. The molecule has 0 aliphatic carbocycles. The zero-order chi connectivity index (χ0) is 20.2. The maximum atomic E-state index is 10.2. The Morgan fingerprint density at radius 1 is 1.03 bits per heavy atom. The first-order chi connectivity index (χ1) is 14.2. The molecule has 0 fully saturated rings. The fraction of sp³-hybridized carbons (Fsp3) is 0.0870. The van der Waals surface area contributed by atoms with Gasteiger partial charge in [-0.25, -0.2) is 9.97 Å². The molecule has 0 amide bonds. The number of para-hydroxylation sites is 1. The minimum atomic E-state index is 0.113. The number of benzene rings is 3. The van der Waals surface area contributed by atoms with E-state index in [9.17, 15) is 10.4 Å². The van der Waals surface area contributed by atoms with Crippen molar-refractivity contribution < 1.29 is 9.84 Å². The van der Waals surface area contributed by atoms with E-state index in [4.69, 9.17) is 4.74 Å². The number of aromatic nitrogens is 2. The lowest BCUT2D eigenvalue weighted by atomic mass is 10.1. The second-order valence-electron chi connectivity index (χ2n) is 6.46. The summed E-state index contributed by atoms with van der Waals surface area (Å²) >= 11 is 0. The Hall–Kier alpha value is -4.11. The van der Waals surface area contributed by atoms with E-state index >= 15 is 0 Å². The highest BCUT2D eigenvalue weighted by Gasteiger charge is 2.13. The zero-order valence-corrected chi connectivity index (χ0v) is 15.8. The fourth-order valence-corrected chi connectivity index (χ4v) is 3.05. The number of nitriles is 1. The Labute approximate surface area is 168 Å². The molecular weight excluding hydrogens is 364 g/mol. The van der Waals surface area contributed by atoms with Crippen LogP contribution < -0.4 is 10.1 Å². The predicted octanol–water partition coefficient (Wildman–Crippen LogP) is 4.49. The molecular formula is C23H18N4O2. The summed E-state index contributed by atoms with van der Waals surface area (Å²) in [6.07, 6.45) is 0. The van der Waals surface area contributed by atoms with Gasteiger partial charge < -0.3 is 15.2 Å². The highest BCUT2D eigenvalue weighted by atomic mass is 16.5. The molecule has 6 nitrogen and oxygen atoms in total. The standard InChI is InChI=1S/C23H18N4O2/c1-29-17-9-6-15(7-10-17)14-25-22-19-12-16(13-24)8-11-20(19)26-23(27-22)18-4-2-3-5-21(18)28/h2-12,28H,14H2,1H3,(H,25,26,27). The van der Waals surface area contributed by atoms with E-state index in [2.05, 4.69) is 21.4 Å². The van der Waals surface area contributed by atoms with Crippen molar-refractivity contribution in [2.75, 3.05) is 12.4 Å². The number of nitrogens with one attached hydrogen (secondary N) is 1. The summed E-state index contributed by atoms with van der Waals surface area (Å²) in [6, 6.07) is 22.1. The van der Waals surface area contributed by atoms with Gasteiger partial charge in [-0.3, -0.25) is 0 Å². The third-order valence-electron chi connectivity index (χ3n) is 4.59. The first kappa shape index (κ1) is 18.3. The van der Waals surface area contributed by atoms with Gasteiger partial charge >= 0.3 is 0 Å². The molecule has 0 aliphatic rings. The summed E-state index contributed by atoms with van der Waals surface area (Å²) in [5.41, 5.74) is 2.82. The van der Waals surface area contributed by atoms with Crippen LogP contribution in [0.4, 0.5) is 5.82 Å². The quantitative estimate of drug-likeness (QED) is 0.528. The average molecular weight is 382 g/mol. The lowest BCUT2D eigenvalue weighted by molar-refractivity contribution is 0.414. The molecule has 0 aliphatic heterocycles. The van der Waals surface area contributed by atoms with Crippen molar-refractivity contribution in [1.29, 1.82) is 5.26 Å². The highest BCUT2D eigenvalue weighted by molar-refractivity contribution is 5.91. The van der Waals surface area contributed by atoms with Crippen LogP contribution in [-0.4, -0.2) is 22.2 Å². The summed E-state index contributed by atoms with van der Waals surface area (Å²) < 4.78 is 5.20. The maximum absolute atomic E-state index is 10.2. The van der Waals surface area contributed by atoms with Gasteiger partial charge in [0, 0.05) is 11.9 Å². The molecule has 0 radical (unpaired) electrons. The van der Waals surface area contributed by atoms with Crippen LogP contribution in [0.25, 0.3) is 22.3 Å². The molecule has 1 heterocycles. The van der Waals surface area contributed by atoms with Gasteiger partial charge in [-0.1, -0.05) is 24.3 Å². The summed E-state index contributed by atoms with van der Waals surface area (Å²) in [5.74, 6) is 1.92. The summed E-state index contributed by atoms with van der Waals surface area (Å²) in [4.78, 5) is 9.22. The molecule has 0 bridgehead atoms. The van der Waals surface area contributed by atoms with Crippen molar-refractivity contribution in [1.82, 2.24) is 9.97 Å². The van der Waals surface area contributed by atoms with Crippen LogP contribution in [0.15, 0.2) is 66.7 Å². The SMILES string of the molecule is COc1ccc(CNc2nc(-c3ccccc3O)nc3ccc(C#N)cc23)cc1. The molecule has 0 saturated heterocycles. The van der Waals surface area contributed by atoms with Crippen molar-refractivity contribution in [3.05, 3.63) is 77.9 Å². The van der Waals surface area contributed by atoms with Gasteiger partial charge in [-0.05, 0) is 48.0 Å². The van der Waals surface area contributed by atoms with Gasteiger partial charge in [0.25, 0.3) is 0 Å². The lowest BCUT2D eigenvalue weighted by Gasteiger charge is -2.12. The first-order valence-corrected chi connectivity index (χ1v) is 9.05. The van der Waals surface area contributed by atoms with E-state index in [1.807, 2.05) is 30.3 Å². The van der Waals surface area contributed by atoms with E-state index in [1.165, 1.54) is 0 Å². The van der Waals surface area contributed by atoms with E-state index in [-0.39, 0.29) is 5.75 Å². The number of anilines is 1.